The quantitative estimate of drug-likeness (QED) is 0.457. The standard InChI is InChI=1S/C29H37FN6O3/c1-18(2)20-6-7-23(39-17-28(4)14-36(15-28)19(3)37)22-13-32-26(12-21(20)22)33-25-8-10-31-27(34-25)35-11-9-24(38)29(5,30)16-35/h6-8,10,12-13,18,24,38H,9,11,14-17H2,1-5H3,(H,31,32,33,34)/t24-,29+/m1/s1. The van der Waals surface area contributed by atoms with Crippen LogP contribution in [0.2, 0.25) is 0 Å². The molecule has 0 aliphatic carbocycles. The number of hydrogen-bond donors (Lipinski definition) is 2. The van der Waals surface area contributed by atoms with Crippen LogP contribution in [0.1, 0.15) is 52.5 Å². The smallest absolute Gasteiger partial charge is 0.227 e. The van der Waals surface area contributed by atoms with Crippen molar-refractivity contribution in [2.75, 3.05) is 43.0 Å². The van der Waals surface area contributed by atoms with Crippen molar-refractivity contribution in [2.45, 2.75) is 58.7 Å². The summed E-state index contributed by atoms with van der Waals surface area (Å²) >= 11 is 0. The largest absolute Gasteiger partial charge is 0.492 e. The molecule has 2 aliphatic rings. The summed E-state index contributed by atoms with van der Waals surface area (Å²) < 4.78 is 21.0. The summed E-state index contributed by atoms with van der Waals surface area (Å²) in [6, 6.07) is 7.84. The summed E-state index contributed by atoms with van der Waals surface area (Å²) in [5, 5.41) is 15.2. The van der Waals surface area contributed by atoms with Gasteiger partial charge in [0.2, 0.25) is 11.9 Å². The number of halogens is 1. The summed E-state index contributed by atoms with van der Waals surface area (Å²) in [5.41, 5.74) is -0.612. The summed E-state index contributed by atoms with van der Waals surface area (Å²) in [7, 11) is 0. The number of ether oxygens (including phenoxy) is 1. The van der Waals surface area contributed by atoms with Gasteiger partial charge in [-0.25, -0.2) is 14.4 Å². The van der Waals surface area contributed by atoms with Gasteiger partial charge in [0.1, 0.15) is 17.4 Å². The Morgan fingerprint density at radius 3 is 2.64 bits per heavy atom. The zero-order chi connectivity index (χ0) is 27.9. The van der Waals surface area contributed by atoms with Crippen molar-refractivity contribution in [2.24, 2.45) is 5.41 Å². The van der Waals surface area contributed by atoms with Crippen LogP contribution in [0.25, 0.3) is 10.8 Å². The monoisotopic (exact) mass is 536 g/mol. The van der Waals surface area contributed by atoms with E-state index in [9.17, 15) is 14.3 Å². The number of aliphatic hydroxyl groups is 1. The Balaban J connectivity index is 1.36. The third kappa shape index (κ3) is 5.61. The first kappa shape index (κ1) is 27.1. The molecular weight excluding hydrogens is 499 g/mol. The lowest BCUT2D eigenvalue weighted by Gasteiger charge is -2.47. The second-order valence-corrected chi connectivity index (χ2v) is 11.8. The van der Waals surface area contributed by atoms with Gasteiger partial charge in [0.05, 0.1) is 19.3 Å². The predicted octanol–water partition coefficient (Wildman–Crippen LogP) is 4.44. The highest BCUT2D eigenvalue weighted by atomic mass is 19.1. The molecule has 0 bridgehead atoms. The Morgan fingerprint density at radius 2 is 1.95 bits per heavy atom. The number of aromatic nitrogens is 3. The zero-order valence-electron chi connectivity index (χ0n) is 23.2. The molecule has 2 atom stereocenters. The molecule has 3 aromatic rings. The second kappa shape index (κ2) is 10.2. The number of aliphatic hydroxyl groups excluding tert-OH is 1. The van der Waals surface area contributed by atoms with E-state index in [1.165, 1.54) is 12.5 Å². The molecule has 1 amide bonds. The molecule has 0 radical (unpaired) electrons. The van der Waals surface area contributed by atoms with Crippen molar-refractivity contribution in [1.82, 2.24) is 19.9 Å². The molecule has 0 spiro atoms. The summed E-state index contributed by atoms with van der Waals surface area (Å²) in [4.78, 5) is 28.7. The van der Waals surface area contributed by atoms with Gasteiger partial charge < -0.3 is 25.0 Å². The number of pyridine rings is 1. The van der Waals surface area contributed by atoms with Crippen LogP contribution in [0.4, 0.5) is 22.0 Å². The topological polar surface area (TPSA) is 104 Å². The van der Waals surface area contributed by atoms with E-state index in [1.807, 2.05) is 23.2 Å². The number of hydrogen-bond acceptors (Lipinski definition) is 8. The van der Waals surface area contributed by atoms with Gasteiger partial charge in [-0.2, -0.15) is 4.98 Å². The first-order valence-electron chi connectivity index (χ1n) is 13.5. The highest BCUT2D eigenvalue weighted by molar-refractivity contribution is 5.92. The number of nitrogens with one attached hydrogen (secondary N) is 1. The number of rotatable bonds is 7. The lowest BCUT2D eigenvalue weighted by molar-refractivity contribution is -0.141. The average molecular weight is 537 g/mol. The molecule has 208 valence electrons. The van der Waals surface area contributed by atoms with E-state index in [0.717, 1.165) is 16.5 Å². The van der Waals surface area contributed by atoms with Gasteiger partial charge >= 0.3 is 0 Å². The number of fused-ring (bicyclic) bond motifs is 1. The lowest BCUT2D eigenvalue weighted by Crippen LogP contribution is -2.58. The van der Waals surface area contributed by atoms with Gasteiger partial charge in [0, 0.05) is 49.8 Å². The fraction of sp³-hybridized carbons (Fsp3) is 0.517. The van der Waals surface area contributed by atoms with Gasteiger partial charge in [-0.05, 0) is 48.4 Å². The van der Waals surface area contributed by atoms with Crippen molar-refractivity contribution >= 4 is 34.3 Å². The highest BCUT2D eigenvalue weighted by Gasteiger charge is 2.41. The Morgan fingerprint density at radius 1 is 1.18 bits per heavy atom. The van der Waals surface area contributed by atoms with Crippen LogP contribution in [-0.4, -0.2) is 75.4 Å². The maximum atomic E-state index is 14.7. The van der Waals surface area contributed by atoms with Crippen molar-refractivity contribution in [1.29, 1.82) is 0 Å². The van der Waals surface area contributed by atoms with E-state index in [4.69, 9.17) is 4.74 Å². The summed E-state index contributed by atoms with van der Waals surface area (Å²) in [6.07, 6.45) is 2.77. The van der Waals surface area contributed by atoms with Crippen molar-refractivity contribution in [3.05, 3.63) is 42.2 Å². The average Bonchev–Trinajstić information content (AvgIpc) is 2.87. The number of amides is 1. The Hall–Kier alpha value is -3.53. The number of benzene rings is 1. The summed E-state index contributed by atoms with van der Waals surface area (Å²) in [6.45, 7) is 11.8. The Labute approximate surface area is 228 Å². The molecule has 2 N–H and O–H groups in total. The molecule has 0 saturated carbocycles. The minimum atomic E-state index is -1.72. The third-order valence-electron chi connectivity index (χ3n) is 7.73. The van der Waals surface area contributed by atoms with E-state index in [1.54, 1.807) is 24.1 Å². The van der Waals surface area contributed by atoms with Crippen LogP contribution in [0.5, 0.6) is 5.75 Å². The highest BCUT2D eigenvalue weighted by Crippen LogP contribution is 2.36. The number of alkyl halides is 1. The van der Waals surface area contributed by atoms with E-state index in [2.05, 4.69) is 47.1 Å². The van der Waals surface area contributed by atoms with Crippen LogP contribution < -0.4 is 15.0 Å². The second-order valence-electron chi connectivity index (χ2n) is 11.8. The fourth-order valence-corrected chi connectivity index (χ4v) is 5.38. The number of anilines is 3. The number of carbonyl (C=O) groups is 1. The van der Waals surface area contributed by atoms with Gasteiger partial charge in [-0.1, -0.05) is 26.8 Å². The molecular formula is C29H37FN6O3. The van der Waals surface area contributed by atoms with E-state index < -0.39 is 11.8 Å². The molecule has 2 saturated heterocycles. The van der Waals surface area contributed by atoms with E-state index in [0.29, 0.717) is 56.2 Å². The predicted molar refractivity (Wildman–Crippen MR) is 149 cm³/mol. The first-order valence-corrected chi connectivity index (χ1v) is 13.5. The van der Waals surface area contributed by atoms with Crippen molar-refractivity contribution < 1.29 is 19.0 Å². The lowest BCUT2D eigenvalue weighted by atomic mass is 9.83. The van der Waals surface area contributed by atoms with Gasteiger partial charge in [-0.15, -0.1) is 0 Å². The van der Waals surface area contributed by atoms with Crippen LogP contribution in [0.15, 0.2) is 36.7 Å². The maximum Gasteiger partial charge on any atom is 0.227 e. The van der Waals surface area contributed by atoms with E-state index >= 15 is 0 Å². The maximum absolute atomic E-state index is 14.7. The Bertz CT molecular complexity index is 1370. The molecule has 1 aromatic carbocycles. The molecule has 9 nitrogen and oxygen atoms in total. The molecule has 4 heterocycles. The van der Waals surface area contributed by atoms with Gasteiger partial charge in [0.25, 0.3) is 0 Å². The van der Waals surface area contributed by atoms with Crippen molar-refractivity contribution in [3.8, 4) is 5.75 Å². The van der Waals surface area contributed by atoms with E-state index in [-0.39, 0.29) is 17.9 Å². The summed E-state index contributed by atoms with van der Waals surface area (Å²) in [5.74, 6) is 2.73. The molecule has 39 heavy (non-hydrogen) atoms. The Kier molecular flexibility index (Phi) is 7.09. The van der Waals surface area contributed by atoms with Crippen molar-refractivity contribution in [3.63, 3.8) is 0 Å². The first-order chi connectivity index (χ1) is 18.4. The number of likely N-dealkylation sites (tertiary alicyclic amines) is 1. The minimum absolute atomic E-state index is 0.0260. The fourth-order valence-electron chi connectivity index (χ4n) is 5.38. The van der Waals surface area contributed by atoms with Crippen LogP contribution in [0, 0.1) is 5.41 Å². The third-order valence-corrected chi connectivity index (χ3v) is 7.73. The molecule has 2 fully saturated rings. The normalized spacial score (nSPS) is 22.6. The minimum Gasteiger partial charge on any atom is -0.492 e. The molecule has 2 aliphatic heterocycles. The van der Waals surface area contributed by atoms with Gasteiger partial charge in [-0.3, -0.25) is 4.79 Å². The van der Waals surface area contributed by atoms with Crippen LogP contribution in [0.3, 0.4) is 0 Å². The number of piperidine rings is 1. The van der Waals surface area contributed by atoms with Crippen LogP contribution >= 0.6 is 0 Å². The zero-order valence-corrected chi connectivity index (χ0v) is 23.2. The molecule has 5 rings (SSSR count). The molecule has 10 heteroatoms. The van der Waals surface area contributed by atoms with Gasteiger partial charge in [0.15, 0.2) is 5.67 Å². The number of nitrogens with zero attached hydrogens (tertiary/aromatic N) is 5. The molecule has 0 unspecified atom stereocenters. The molecule has 2 aromatic heterocycles. The number of carbonyl (C=O) groups excluding carboxylic acids is 1. The SMILES string of the molecule is CC(=O)N1CC(C)(COc2ccc(C(C)C)c3cc(Nc4ccnc(N5CC[C@@H](O)[C@@](C)(F)C5)n4)ncc23)C1. The van der Waals surface area contributed by atoms with Crippen LogP contribution in [-0.2, 0) is 4.79 Å².